The van der Waals surface area contributed by atoms with Crippen LogP contribution in [0.5, 0.6) is 0 Å². The van der Waals surface area contributed by atoms with E-state index in [-0.39, 0.29) is 5.91 Å². The molecule has 0 spiro atoms. The van der Waals surface area contributed by atoms with E-state index in [1.54, 1.807) is 0 Å². The molecular formula is C27H45NO4. The van der Waals surface area contributed by atoms with Crippen molar-refractivity contribution in [3.63, 3.8) is 0 Å². The molecule has 0 aliphatic rings. The summed E-state index contributed by atoms with van der Waals surface area (Å²) in [6, 6.07) is 8.83. The van der Waals surface area contributed by atoms with Crippen molar-refractivity contribution in [2.45, 2.75) is 115 Å². The summed E-state index contributed by atoms with van der Waals surface area (Å²) in [5, 5.41) is 13.1. The van der Waals surface area contributed by atoms with Crippen LogP contribution in [0.3, 0.4) is 0 Å². The van der Waals surface area contributed by atoms with Crippen LogP contribution in [0, 0.1) is 0 Å². The highest BCUT2D eigenvalue weighted by molar-refractivity contribution is 5.79. The standard InChI is InChI=1S/C27H45NO4/c1-3-4-5-6-7-8-9-10-11-12-13-14-18-21-25(29)28-24(26(30)27(31)32-2)22-23-19-16-15-17-20-23/h15-17,19-20,24,26,30H,3-14,18,21-22H2,1-2H3,(H,28,29)/t24-,26+/m0/s1. The zero-order valence-corrected chi connectivity index (χ0v) is 20.3. The number of rotatable bonds is 19. The first-order valence-corrected chi connectivity index (χ1v) is 12.7. The number of hydrogen-bond acceptors (Lipinski definition) is 4. The van der Waals surface area contributed by atoms with Crippen LogP contribution in [-0.4, -0.2) is 36.2 Å². The van der Waals surface area contributed by atoms with E-state index in [2.05, 4.69) is 17.0 Å². The topological polar surface area (TPSA) is 75.6 Å². The van der Waals surface area contributed by atoms with Crippen LogP contribution in [0.1, 0.15) is 102 Å². The van der Waals surface area contributed by atoms with Gasteiger partial charge < -0.3 is 15.2 Å². The molecule has 0 heterocycles. The van der Waals surface area contributed by atoms with Gasteiger partial charge in [-0.15, -0.1) is 0 Å². The van der Waals surface area contributed by atoms with Gasteiger partial charge in [-0.2, -0.15) is 0 Å². The number of ether oxygens (including phenoxy) is 1. The smallest absolute Gasteiger partial charge is 0.336 e. The average Bonchev–Trinajstić information content (AvgIpc) is 2.81. The van der Waals surface area contributed by atoms with Gasteiger partial charge in [0.2, 0.25) is 5.91 Å². The number of amides is 1. The minimum absolute atomic E-state index is 0.128. The van der Waals surface area contributed by atoms with Crippen LogP contribution in [0.4, 0.5) is 0 Å². The van der Waals surface area contributed by atoms with E-state index in [9.17, 15) is 14.7 Å². The first kappa shape index (κ1) is 28.2. The lowest BCUT2D eigenvalue weighted by Gasteiger charge is -2.22. The second kappa shape index (κ2) is 18.7. The Morgan fingerprint density at radius 2 is 1.34 bits per heavy atom. The molecule has 1 aromatic rings. The molecule has 0 aromatic heterocycles. The Bertz CT molecular complexity index is 605. The van der Waals surface area contributed by atoms with Gasteiger partial charge in [-0.05, 0) is 18.4 Å². The van der Waals surface area contributed by atoms with Gasteiger partial charge >= 0.3 is 5.97 Å². The number of hydrogen-bond donors (Lipinski definition) is 2. The number of esters is 1. The molecule has 0 aliphatic carbocycles. The Balaban J connectivity index is 2.17. The number of methoxy groups -OCH3 is 1. The van der Waals surface area contributed by atoms with Gasteiger partial charge in [-0.25, -0.2) is 4.79 Å². The highest BCUT2D eigenvalue weighted by Gasteiger charge is 2.28. The minimum atomic E-state index is -1.38. The molecule has 0 saturated heterocycles. The first-order chi connectivity index (χ1) is 15.6. The summed E-state index contributed by atoms with van der Waals surface area (Å²) >= 11 is 0. The highest BCUT2D eigenvalue weighted by Crippen LogP contribution is 2.13. The number of carbonyl (C=O) groups excluding carboxylic acids is 2. The van der Waals surface area contributed by atoms with Crippen molar-refractivity contribution in [1.29, 1.82) is 0 Å². The summed E-state index contributed by atoms with van der Waals surface area (Å²) < 4.78 is 4.65. The minimum Gasteiger partial charge on any atom is -0.467 e. The van der Waals surface area contributed by atoms with Gasteiger partial charge in [0.25, 0.3) is 0 Å². The fraction of sp³-hybridized carbons (Fsp3) is 0.704. The number of aliphatic hydroxyl groups is 1. The molecule has 1 aromatic carbocycles. The molecule has 32 heavy (non-hydrogen) atoms. The van der Waals surface area contributed by atoms with E-state index in [0.717, 1.165) is 24.8 Å². The number of aliphatic hydroxyl groups excluding tert-OH is 1. The summed E-state index contributed by atoms with van der Waals surface area (Å²) in [5.41, 5.74) is 0.946. The predicted octanol–water partition coefficient (Wildman–Crippen LogP) is 5.73. The third-order valence-electron chi connectivity index (χ3n) is 5.98. The maximum atomic E-state index is 12.4. The third-order valence-corrected chi connectivity index (χ3v) is 5.98. The lowest BCUT2D eigenvalue weighted by atomic mass is 10.0. The number of benzene rings is 1. The van der Waals surface area contributed by atoms with E-state index in [4.69, 9.17) is 0 Å². The van der Waals surface area contributed by atoms with Crippen molar-refractivity contribution in [3.8, 4) is 0 Å². The summed E-state index contributed by atoms with van der Waals surface area (Å²) in [6.07, 6.45) is 15.8. The van der Waals surface area contributed by atoms with Crippen molar-refractivity contribution in [2.24, 2.45) is 0 Å². The van der Waals surface area contributed by atoms with E-state index in [1.807, 2.05) is 30.3 Å². The zero-order valence-electron chi connectivity index (χ0n) is 20.3. The van der Waals surface area contributed by atoms with Crippen LogP contribution in [0.25, 0.3) is 0 Å². The normalized spacial score (nSPS) is 12.8. The van der Waals surface area contributed by atoms with Crippen molar-refractivity contribution in [2.75, 3.05) is 7.11 Å². The molecule has 5 nitrogen and oxygen atoms in total. The SMILES string of the molecule is CCCCCCCCCCCCCCCC(=O)N[C@@H](Cc1ccccc1)[C@@H](O)C(=O)OC. The molecule has 0 fully saturated rings. The monoisotopic (exact) mass is 447 g/mol. The van der Waals surface area contributed by atoms with E-state index >= 15 is 0 Å². The molecule has 0 radical (unpaired) electrons. The molecule has 0 aliphatic heterocycles. The summed E-state index contributed by atoms with van der Waals surface area (Å²) in [4.78, 5) is 24.2. The largest absolute Gasteiger partial charge is 0.467 e. The van der Waals surface area contributed by atoms with Crippen molar-refractivity contribution >= 4 is 11.9 Å². The van der Waals surface area contributed by atoms with Gasteiger partial charge in [-0.3, -0.25) is 4.79 Å². The van der Waals surface area contributed by atoms with Crippen LogP contribution >= 0.6 is 0 Å². The highest BCUT2D eigenvalue weighted by atomic mass is 16.5. The van der Waals surface area contributed by atoms with E-state index in [1.165, 1.54) is 71.3 Å². The molecule has 0 saturated carbocycles. The van der Waals surface area contributed by atoms with E-state index in [0.29, 0.717) is 12.8 Å². The maximum Gasteiger partial charge on any atom is 0.336 e. The quantitative estimate of drug-likeness (QED) is 0.210. The van der Waals surface area contributed by atoms with E-state index < -0.39 is 18.1 Å². The Morgan fingerprint density at radius 1 is 0.844 bits per heavy atom. The van der Waals surface area contributed by atoms with Gasteiger partial charge in [0, 0.05) is 6.42 Å². The summed E-state index contributed by atoms with van der Waals surface area (Å²) in [6.45, 7) is 2.25. The molecule has 1 rings (SSSR count). The van der Waals surface area contributed by atoms with Crippen LogP contribution in [0.15, 0.2) is 30.3 Å². The molecule has 0 unspecified atom stereocenters. The molecule has 0 bridgehead atoms. The number of nitrogens with one attached hydrogen (secondary N) is 1. The van der Waals surface area contributed by atoms with Crippen LogP contribution in [0.2, 0.25) is 0 Å². The molecule has 182 valence electrons. The van der Waals surface area contributed by atoms with Crippen LogP contribution in [-0.2, 0) is 20.7 Å². The Labute approximate surface area is 195 Å². The van der Waals surface area contributed by atoms with Gasteiger partial charge in [0.05, 0.1) is 13.2 Å². The summed E-state index contributed by atoms with van der Waals surface area (Å²) in [5.74, 6) is -0.857. The fourth-order valence-corrected chi connectivity index (χ4v) is 3.98. The first-order valence-electron chi connectivity index (χ1n) is 12.7. The van der Waals surface area contributed by atoms with Gasteiger partial charge in [0.15, 0.2) is 6.10 Å². The average molecular weight is 448 g/mol. The fourth-order valence-electron chi connectivity index (χ4n) is 3.98. The third kappa shape index (κ3) is 13.5. The van der Waals surface area contributed by atoms with Gasteiger partial charge in [-0.1, -0.05) is 114 Å². The lowest BCUT2D eigenvalue weighted by Crippen LogP contribution is -2.48. The Kier molecular flexibility index (Phi) is 16.4. The maximum absolute atomic E-state index is 12.4. The lowest BCUT2D eigenvalue weighted by molar-refractivity contribution is -0.152. The second-order valence-electron chi connectivity index (χ2n) is 8.82. The molecule has 2 atom stereocenters. The molecular weight excluding hydrogens is 402 g/mol. The molecule has 1 amide bonds. The number of unbranched alkanes of at least 4 members (excludes halogenated alkanes) is 12. The van der Waals surface area contributed by atoms with Crippen molar-refractivity contribution in [3.05, 3.63) is 35.9 Å². The van der Waals surface area contributed by atoms with Gasteiger partial charge in [0.1, 0.15) is 0 Å². The second-order valence-corrected chi connectivity index (χ2v) is 8.82. The Morgan fingerprint density at radius 3 is 1.84 bits per heavy atom. The Hall–Kier alpha value is -1.88. The zero-order chi connectivity index (χ0) is 23.4. The van der Waals surface area contributed by atoms with Crippen LogP contribution < -0.4 is 5.32 Å². The molecule has 2 N–H and O–H groups in total. The van der Waals surface area contributed by atoms with Crippen molar-refractivity contribution in [1.82, 2.24) is 5.32 Å². The molecule has 5 heteroatoms. The van der Waals surface area contributed by atoms with Crippen molar-refractivity contribution < 1.29 is 19.4 Å². The predicted molar refractivity (Wildman–Crippen MR) is 130 cm³/mol. The summed E-state index contributed by atoms with van der Waals surface area (Å²) in [7, 11) is 1.24. The number of carbonyl (C=O) groups is 2.